The smallest absolute Gasteiger partial charge is 0.169 e. The minimum absolute atomic E-state index is 0.660. The van der Waals surface area contributed by atoms with Crippen molar-refractivity contribution in [3.63, 3.8) is 0 Å². The van der Waals surface area contributed by atoms with Crippen LogP contribution in [0.2, 0.25) is 0 Å². The Kier molecular flexibility index (Phi) is 17.4. The maximum absolute atomic E-state index is 2.49. The number of hydrogen-bond acceptors (Lipinski definition) is 0. The predicted octanol–water partition coefficient (Wildman–Crippen LogP) is 10.4. The number of aryl methyl sites for hydroxylation is 1. The Balaban J connectivity index is 1.56. The summed E-state index contributed by atoms with van der Waals surface area (Å²) in [6, 6.07) is 18.2. The van der Waals surface area contributed by atoms with Crippen LogP contribution in [0.5, 0.6) is 0 Å². The van der Waals surface area contributed by atoms with E-state index in [2.05, 4.69) is 79.3 Å². The molecule has 0 saturated heterocycles. The number of nitrogens with zero attached hydrogens (tertiary/aromatic N) is 1. The largest absolute Gasteiger partial charge is 0.202 e. The molecule has 1 nitrogen and oxygen atoms in total. The summed E-state index contributed by atoms with van der Waals surface area (Å²) in [6.07, 6.45) is 31.1. The Morgan fingerprint density at radius 3 is 1.69 bits per heavy atom. The van der Waals surface area contributed by atoms with Crippen LogP contribution in [0.25, 0.3) is 0 Å². The van der Waals surface area contributed by atoms with Crippen LogP contribution in [-0.2, 0) is 6.42 Å². The zero-order chi connectivity index (χ0) is 24.8. The van der Waals surface area contributed by atoms with Gasteiger partial charge in [-0.3, -0.25) is 0 Å². The monoisotopic (exact) mass is 478 g/mol. The Morgan fingerprint density at radius 1 is 0.571 bits per heavy atom. The van der Waals surface area contributed by atoms with Gasteiger partial charge in [-0.15, -0.1) is 0 Å². The molecular formula is C34H56N+. The number of aromatic nitrogens is 1. The Morgan fingerprint density at radius 2 is 1.09 bits per heavy atom. The maximum atomic E-state index is 2.49. The van der Waals surface area contributed by atoms with E-state index in [1.807, 2.05) is 0 Å². The summed E-state index contributed by atoms with van der Waals surface area (Å²) in [5.74, 6) is 0.797. The summed E-state index contributed by atoms with van der Waals surface area (Å²) < 4.78 is 2.49. The van der Waals surface area contributed by atoms with Gasteiger partial charge in [-0.25, -0.2) is 4.57 Å². The third-order valence-electron chi connectivity index (χ3n) is 7.73. The second kappa shape index (κ2) is 20.6. The van der Waals surface area contributed by atoms with Crippen molar-refractivity contribution in [2.75, 3.05) is 0 Å². The highest BCUT2D eigenvalue weighted by molar-refractivity contribution is 5.14. The first-order chi connectivity index (χ1) is 17.3. The molecule has 0 fully saturated rings. The van der Waals surface area contributed by atoms with E-state index in [-0.39, 0.29) is 0 Å². The second-order valence-corrected chi connectivity index (χ2v) is 11.1. The molecule has 2 unspecified atom stereocenters. The molecule has 0 radical (unpaired) electrons. The molecule has 0 bridgehead atoms. The van der Waals surface area contributed by atoms with Gasteiger partial charge in [0.1, 0.15) is 0 Å². The second-order valence-electron chi connectivity index (χ2n) is 11.1. The zero-order valence-electron chi connectivity index (χ0n) is 23.3. The standard InChI is InChI=1S/C34H56N/c1-3-4-5-6-7-8-9-10-11-12-13-14-19-28-34(35-29-22-16-23-30-35)31-32(2)24-20-21-27-33-25-17-15-18-26-33/h15-18,22-23,25-26,29-30,32,34H,3-14,19-21,24,27-28,31H2,1-2H3/q+1. The summed E-state index contributed by atoms with van der Waals surface area (Å²) in [7, 11) is 0. The van der Waals surface area contributed by atoms with E-state index in [4.69, 9.17) is 0 Å². The van der Waals surface area contributed by atoms with Gasteiger partial charge in [0.05, 0.1) is 0 Å². The fraction of sp³-hybridized carbons (Fsp3) is 0.676. The van der Waals surface area contributed by atoms with Crippen LogP contribution in [-0.4, -0.2) is 0 Å². The van der Waals surface area contributed by atoms with Crippen molar-refractivity contribution >= 4 is 0 Å². The van der Waals surface area contributed by atoms with Gasteiger partial charge in [0.15, 0.2) is 18.4 Å². The molecule has 196 valence electrons. The average Bonchev–Trinajstić information content (AvgIpc) is 2.89. The van der Waals surface area contributed by atoms with Crippen LogP contribution >= 0.6 is 0 Å². The SMILES string of the molecule is CCCCCCCCCCCCCCCC(CC(C)CCCCc1ccccc1)[n+]1ccccc1. The van der Waals surface area contributed by atoms with E-state index in [1.54, 1.807) is 0 Å². The highest BCUT2D eigenvalue weighted by Gasteiger charge is 2.20. The number of hydrogen-bond donors (Lipinski definition) is 0. The molecule has 1 heteroatoms. The van der Waals surface area contributed by atoms with Crippen molar-refractivity contribution in [1.82, 2.24) is 0 Å². The molecule has 2 rings (SSSR count). The van der Waals surface area contributed by atoms with Crippen LogP contribution in [0, 0.1) is 5.92 Å². The van der Waals surface area contributed by atoms with Crippen LogP contribution in [0.4, 0.5) is 0 Å². The van der Waals surface area contributed by atoms with E-state index in [0.717, 1.165) is 5.92 Å². The van der Waals surface area contributed by atoms with Gasteiger partial charge in [0.2, 0.25) is 0 Å². The van der Waals surface area contributed by atoms with Crippen molar-refractivity contribution in [2.45, 2.75) is 142 Å². The Bertz CT molecular complexity index is 695. The molecule has 0 aliphatic carbocycles. The average molecular weight is 479 g/mol. The molecule has 0 saturated carbocycles. The molecular weight excluding hydrogens is 422 g/mol. The van der Waals surface area contributed by atoms with Crippen LogP contribution < -0.4 is 4.57 Å². The maximum Gasteiger partial charge on any atom is 0.169 e. The molecule has 0 aliphatic heterocycles. The van der Waals surface area contributed by atoms with Crippen LogP contribution in [0.1, 0.15) is 141 Å². The summed E-state index contributed by atoms with van der Waals surface area (Å²) in [4.78, 5) is 0. The number of unbranched alkanes of at least 4 members (excludes halogenated alkanes) is 13. The topological polar surface area (TPSA) is 3.88 Å². The van der Waals surface area contributed by atoms with E-state index in [0.29, 0.717) is 6.04 Å². The number of pyridine rings is 1. The van der Waals surface area contributed by atoms with Crippen molar-refractivity contribution < 1.29 is 4.57 Å². The van der Waals surface area contributed by atoms with Gasteiger partial charge < -0.3 is 0 Å². The molecule has 0 amide bonds. The molecule has 35 heavy (non-hydrogen) atoms. The van der Waals surface area contributed by atoms with Crippen molar-refractivity contribution in [2.24, 2.45) is 5.92 Å². The first-order valence-electron chi connectivity index (χ1n) is 15.3. The molecule has 1 aromatic heterocycles. The lowest BCUT2D eigenvalue weighted by molar-refractivity contribution is -0.725. The van der Waals surface area contributed by atoms with Crippen LogP contribution in [0.3, 0.4) is 0 Å². The predicted molar refractivity (Wildman–Crippen MR) is 154 cm³/mol. The van der Waals surface area contributed by atoms with E-state index >= 15 is 0 Å². The van der Waals surface area contributed by atoms with Gasteiger partial charge in [0.25, 0.3) is 0 Å². The zero-order valence-corrected chi connectivity index (χ0v) is 23.3. The molecule has 0 aliphatic rings. The Hall–Kier alpha value is -1.63. The van der Waals surface area contributed by atoms with Gasteiger partial charge in [0, 0.05) is 25.0 Å². The summed E-state index contributed by atoms with van der Waals surface area (Å²) in [5.41, 5.74) is 1.49. The normalized spacial score (nSPS) is 13.1. The van der Waals surface area contributed by atoms with Crippen molar-refractivity contribution in [3.8, 4) is 0 Å². The first-order valence-corrected chi connectivity index (χ1v) is 15.3. The fourth-order valence-corrected chi connectivity index (χ4v) is 5.49. The summed E-state index contributed by atoms with van der Waals surface area (Å²) in [5, 5.41) is 0. The summed E-state index contributed by atoms with van der Waals surface area (Å²) >= 11 is 0. The first kappa shape index (κ1) is 29.6. The third-order valence-corrected chi connectivity index (χ3v) is 7.73. The minimum atomic E-state index is 0.660. The highest BCUT2D eigenvalue weighted by atomic mass is 15.0. The van der Waals surface area contributed by atoms with E-state index in [1.165, 1.54) is 128 Å². The Labute approximate surface area is 218 Å². The van der Waals surface area contributed by atoms with Crippen molar-refractivity contribution in [1.29, 1.82) is 0 Å². The molecule has 2 atom stereocenters. The van der Waals surface area contributed by atoms with E-state index in [9.17, 15) is 0 Å². The molecule has 0 spiro atoms. The van der Waals surface area contributed by atoms with Gasteiger partial charge >= 0.3 is 0 Å². The van der Waals surface area contributed by atoms with E-state index < -0.39 is 0 Å². The molecule has 1 heterocycles. The summed E-state index contributed by atoms with van der Waals surface area (Å²) in [6.45, 7) is 4.78. The third kappa shape index (κ3) is 15.2. The highest BCUT2D eigenvalue weighted by Crippen LogP contribution is 2.24. The number of rotatable bonds is 22. The van der Waals surface area contributed by atoms with Gasteiger partial charge in [-0.1, -0.05) is 140 Å². The quantitative estimate of drug-likeness (QED) is 0.117. The molecule has 2 aromatic rings. The molecule has 0 N–H and O–H groups in total. The van der Waals surface area contributed by atoms with Crippen molar-refractivity contribution in [3.05, 3.63) is 66.5 Å². The number of benzene rings is 1. The fourth-order valence-electron chi connectivity index (χ4n) is 5.49. The van der Waals surface area contributed by atoms with Gasteiger partial charge in [-0.05, 0) is 30.7 Å². The minimum Gasteiger partial charge on any atom is -0.202 e. The molecule has 1 aromatic carbocycles. The lowest BCUT2D eigenvalue weighted by Crippen LogP contribution is -2.39. The van der Waals surface area contributed by atoms with Gasteiger partial charge in [-0.2, -0.15) is 0 Å². The lowest BCUT2D eigenvalue weighted by atomic mass is 9.92. The lowest BCUT2D eigenvalue weighted by Gasteiger charge is -2.17. The van der Waals surface area contributed by atoms with Crippen LogP contribution in [0.15, 0.2) is 60.9 Å².